The molecule has 24 heavy (non-hydrogen) atoms. The summed E-state index contributed by atoms with van der Waals surface area (Å²) in [4.78, 5) is 14.6. The van der Waals surface area contributed by atoms with Crippen LogP contribution in [0.1, 0.15) is 79.9 Å². The Morgan fingerprint density at radius 3 is 2.58 bits per heavy atom. The van der Waals surface area contributed by atoms with E-state index in [9.17, 15) is 4.79 Å². The van der Waals surface area contributed by atoms with Gasteiger partial charge in [0.15, 0.2) is 0 Å². The van der Waals surface area contributed by atoms with Crippen LogP contribution in [-0.4, -0.2) is 11.6 Å². The second-order valence-corrected chi connectivity index (χ2v) is 9.80. The smallest absolute Gasteiger partial charge is 0.266 e. The van der Waals surface area contributed by atoms with Crippen molar-refractivity contribution in [3.05, 3.63) is 21.4 Å². The Labute approximate surface area is 149 Å². The summed E-state index contributed by atoms with van der Waals surface area (Å²) in [5, 5.41) is 4.42. The van der Waals surface area contributed by atoms with Crippen molar-refractivity contribution in [2.45, 2.75) is 72.6 Å². The Hall–Kier alpha value is -1.16. The minimum absolute atomic E-state index is 0.0347. The lowest BCUT2D eigenvalue weighted by molar-refractivity contribution is 0.0958. The lowest BCUT2D eigenvalue weighted by Gasteiger charge is -2.34. The molecule has 1 heterocycles. The van der Waals surface area contributed by atoms with E-state index in [4.69, 9.17) is 0 Å². The SMILES string of the molecule is C[C@H]1CCc2sc(C(=O)NN=C3CCC(C(C)(C)C)CC3)cc2C1. The fourth-order valence-electron chi connectivity index (χ4n) is 3.93. The van der Waals surface area contributed by atoms with Crippen molar-refractivity contribution in [1.29, 1.82) is 0 Å². The summed E-state index contributed by atoms with van der Waals surface area (Å²) in [6.07, 6.45) is 7.87. The van der Waals surface area contributed by atoms with E-state index in [0.717, 1.165) is 48.1 Å². The number of nitrogens with one attached hydrogen (secondary N) is 1. The summed E-state index contributed by atoms with van der Waals surface area (Å²) in [5.41, 5.74) is 5.71. The predicted octanol–water partition coefficient (Wildman–Crippen LogP) is 5.20. The fraction of sp³-hybridized carbons (Fsp3) is 0.700. The topological polar surface area (TPSA) is 41.5 Å². The van der Waals surface area contributed by atoms with E-state index < -0.39 is 0 Å². The zero-order chi connectivity index (χ0) is 17.3. The third kappa shape index (κ3) is 4.08. The van der Waals surface area contributed by atoms with Crippen LogP contribution in [0, 0.1) is 17.3 Å². The molecule has 1 fully saturated rings. The van der Waals surface area contributed by atoms with Crippen LogP contribution in [0.5, 0.6) is 0 Å². The molecule has 2 aliphatic carbocycles. The van der Waals surface area contributed by atoms with Gasteiger partial charge < -0.3 is 0 Å². The first-order valence-electron chi connectivity index (χ1n) is 9.30. The van der Waals surface area contributed by atoms with Crippen LogP contribution in [0.15, 0.2) is 11.2 Å². The van der Waals surface area contributed by atoms with Crippen molar-refractivity contribution in [1.82, 2.24) is 5.43 Å². The number of hydrazone groups is 1. The fourth-order valence-corrected chi connectivity index (χ4v) is 5.03. The molecule has 1 amide bonds. The van der Waals surface area contributed by atoms with Crippen LogP contribution < -0.4 is 5.43 Å². The number of carbonyl (C=O) groups is 1. The molecule has 1 atom stereocenters. The zero-order valence-corrected chi connectivity index (χ0v) is 16.3. The number of nitrogens with zero attached hydrogens (tertiary/aromatic N) is 1. The molecule has 3 rings (SSSR count). The third-order valence-corrected chi connectivity index (χ3v) is 6.89. The molecule has 0 radical (unpaired) electrons. The maximum atomic E-state index is 12.4. The molecule has 1 aromatic rings. The summed E-state index contributed by atoms with van der Waals surface area (Å²) < 4.78 is 0. The summed E-state index contributed by atoms with van der Waals surface area (Å²) in [7, 11) is 0. The molecule has 1 saturated carbocycles. The molecular formula is C20H30N2OS. The first-order valence-corrected chi connectivity index (χ1v) is 10.1. The van der Waals surface area contributed by atoms with Crippen LogP contribution in [0.2, 0.25) is 0 Å². The van der Waals surface area contributed by atoms with E-state index in [1.54, 1.807) is 11.3 Å². The minimum atomic E-state index is -0.0347. The van der Waals surface area contributed by atoms with Crippen molar-refractivity contribution in [2.75, 3.05) is 0 Å². The van der Waals surface area contributed by atoms with Gasteiger partial charge in [0, 0.05) is 10.6 Å². The normalized spacial score (nSPS) is 24.4. The van der Waals surface area contributed by atoms with Crippen molar-refractivity contribution in [3.63, 3.8) is 0 Å². The highest BCUT2D eigenvalue weighted by Crippen LogP contribution is 2.37. The van der Waals surface area contributed by atoms with Crippen LogP contribution in [-0.2, 0) is 12.8 Å². The van der Waals surface area contributed by atoms with Crippen LogP contribution in [0.4, 0.5) is 0 Å². The lowest BCUT2D eigenvalue weighted by atomic mass is 9.72. The highest BCUT2D eigenvalue weighted by atomic mass is 32.1. The number of fused-ring (bicyclic) bond motifs is 1. The van der Waals surface area contributed by atoms with Gasteiger partial charge in [0.05, 0.1) is 4.88 Å². The van der Waals surface area contributed by atoms with E-state index in [1.165, 1.54) is 29.7 Å². The number of amides is 1. The number of aryl methyl sites for hydroxylation is 1. The molecule has 0 saturated heterocycles. The van der Waals surface area contributed by atoms with E-state index in [-0.39, 0.29) is 5.91 Å². The average Bonchev–Trinajstić information content (AvgIpc) is 2.95. The second kappa shape index (κ2) is 6.99. The average molecular weight is 347 g/mol. The second-order valence-electron chi connectivity index (χ2n) is 8.67. The Morgan fingerprint density at radius 2 is 1.92 bits per heavy atom. The first kappa shape index (κ1) is 17.7. The summed E-state index contributed by atoms with van der Waals surface area (Å²) in [6, 6.07) is 2.09. The molecule has 0 bridgehead atoms. The predicted molar refractivity (Wildman–Crippen MR) is 102 cm³/mol. The van der Waals surface area contributed by atoms with Gasteiger partial charge in [-0.2, -0.15) is 5.10 Å². The van der Waals surface area contributed by atoms with Gasteiger partial charge in [-0.15, -0.1) is 11.3 Å². The van der Waals surface area contributed by atoms with Crippen molar-refractivity contribution in [3.8, 4) is 0 Å². The van der Waals surface area contributed by atoms with Gasteiger partial charge in [-0.05, 0) is 73.8 Å². The molecule has 2 aliphatic rings. The molecule has 4 heteroatoms. The molecule has 0 aromatic carbocycles. The molecule has 3 nitrogen and oxygen atoms in total. The van der Waals surface area contributed by atoms with Gasteiger partial charge in [0.2, 0.25) is 0 Å². The third-order valence-electron chi connectivity index (χ3n) is 5.66. The van der Waals surface area contributed by atoms with Gasteiger partial charge in [0.1, 0.15) is 0 Å². The highest BCUT2D eigenvalue weighted by molar-refractivity contribution is 7.14. The quantitative estimate of drug-likeness (QED) is 0.735. The number of carbonyl (C=O) groups excluding carboxylic acids is 1. The largest absolute Gasteiger partial charge is 0.281 e. The monoisotopic (exact) mass is 346 g/mol. The molecule has 0 spiro atoms. The highest BCUT2D eigenvalue weighted by Gasteiger charge is 2.28. The van der Waals surface area contributed by atoms with Gasteiger partial charge in [0.25, 0.3) is 5.91 Å². The number of hydrogen-bond acceptors (Lipinski definition) is 3. The first-order chi connectivity index (χ1) is 11.3. The standard InChI is InChI=1S/C20H30N2OS/c1-13-5-10-17-14(11-13)12-18(24-17)19(23)22-21-16-8-6-15(7-9-16)20(2,3)4/h12-13,15H,5-11H2,1-4H3,(H,22,23)/t13-,15?/m0/s1. The maximum Gasteiger partial charge on any atom is 0.281 e. The minimum Gasteiger partial charge on any atom is -0.266 e. The number of thiophene rings is 1. The Balaban J connectivity index is 1.56. The molecular weight excluding hydrogens is 316 g/mol. The molecule has 1 N–H and O–H groups in total. The van der Waals surface area contributed by atoms with Crippen molar-refractivity contribution in [2.24, 2.45) is 22.4 Å². The Morgan fingerprint density at radius 1 is 1.21 bits per heavy atom. The van der Waals surface area contributed by atoms with Crippen LogP contribution in [0.3, 0.4) is 0 Å². The summed E-state index contributed by atoms with van der Waals surface area (Å²) >= 11 is 1.65. The lowest BCUT2D eigenvalue weighted by Crippen LogP contribution is -2.27. The maximum absolute atomic E-state index is 12.4. The Bertz CT molecular complexity index is 629. The summed E-state index contributed by atoms with van der Waals surface area (Å²) in [6.45, 7) is 9.25. The van der Waals surface area contributed by atoms with E-state index >= 15 is 0 Å². The van der Waals surface area contributed by atoms with Gasteiger partial charge >= 0.3 is 0 Å². The summed E-state index contributed by atoms with van der Waals surface area (Å²) in [5.74, 6) is 1.46. The number of hydrogen-bond donors (Lipinski definition) is 1. The van der Waals surface area contributed by atoms with Crippen LogP contribution in [0.25, 0.3) is 0 Å². The van der Waals surface area contributed by atoms with Gasteiger partial charge in [-0.25, -0.2) is 5.43 Å². The number of rotatable bonds is 2. The van der Waals surface area contributed by atoms with Gasteiger partial charge in [-0.1, -0.05) is 27.7 Å². The molecule has 132 valence electrons. The van der Waals surface area contributed by atoms with Crippen molar-refractivity contribution < 1.29 is 4.79 Å². The van der Waals surface area contributed by atoms with E-state index in [0.29, 0.717) is 5.41 Å². The molecule has 0 unspecified atom stereocenters. The van der Waals surface area contributed by atoms with Crippen molar-refractivity contribution >= 4 is 23.0 Å². The zero-order valence-electron chi connectivity index (χ0n) is 15.4. The van der Waals surface area contributed by atoms with Gasteiger partial charge in [-0.3, -0.25) is 4.79 Å². The van der Waals surface area contributed by atoms with Crippen LogP contribution >= 0.6 is 11.3 Å². The van der Waals surface area contributed by atoms with E-state index in [1.807, 2.05) is 0 Å². The molecule has 1 aromatic heterocycles. The molecule has 0 aliphatic heterocycles. The van der Waals surface area contributed by atoms with E-state index in [2.05, 4.69) is 44.3 Å². The Kier molecular flexibility index (Phi) is 5.14.